The number of para-hydroxylation sites is 1. The number of carbonyl (C=O) groups is 1. The number of aryl methyl sites for hydroxylation is 1. The maximum atomic E-state index is 13.5. The van der Waals surface area contributed by atoms with Gasteiger partial charge in [-0.2, -0.15) is 0 Å². The molecule has 6 nitrogen and oxygen atoms in total. The number of nitrogens with one attached hydrogen (secondary N) is 1. The second-order valence-corrected chi connectivity index (χ2v) is 9.66. The lowest BCUT2D eigenvalue weighted by Gasteiger charge is -2.16. The van der Waals surface area contributed by atoms with Crippen molar-refractivity contribution in [3.05, 3.63) is 65.6 Å². The SMILES string of the molecule is Cc1[nH]c2ccccc2c1C(=O)[C@@H](C)Sc1nnc(-c2ccc(F)cc2)n1C[C@H]1CCCO1. The van der Waals surface area contributed by atoms with Gasteiger partial charge in [-0.15, -0.1) is 10.2 Å². The number of nitrogens with zero attached hydrogens (tertiary/aromatic N) is 3. The molecule has 170 valence electrons. The summed E-state index contributed by atoms with van der Waals surface area (Å²) in [4.78, 5) is 16.8. The second-order valence-electron chi connectivity index (χ2n) is 8.35. The summed E-state index contributed by atoms with van der Waals surface area (Å²) in [6, 6.07) is 14.1. The average Bonchev–Trinajstić information content (AvgIpc) is 3.53. The van der Waals surface area contributed by atoms with Crippen molar-refractivity contribution in [2.45, 2.75) is 49.7 Å². The Labute approximate surface area is 195 Å². The van der Waals surface area contributed by atoms with Gasteiger partial charge in [0.25, 0.3) is 0 Å². The number of H-pyrrole nitrogens is 1. The van der Waals surface area contributed by atoms with Crippen molar-refractivity contribution in [2.75, 3.05) is 6.61 Å². The lowest BCUT2D eigenvalue weighted by Crippen LogP contribution is -2.19. The molecule has 1 aliphatic heterocycles. The van der Waals surface area contributed by atoms with E-state index in [1.165, 1.54) is 23.9 Å². The highest BCUT2D eigenvalue weighted by Gasteiger charge is 2.27. The van der Waals surface area contributed by atoms with Gasteiger partial charge in [0.15, 0.2) is 16.8 Å². The van der Waals surface area contributed by atoms with Crippen LogP contribution in [0.25, 0.3) is 22.3 Å². The maximum Gasteiger partial charge on any atom is 0.192 e. The molecule has 0 saturated carbocycles. The fourth-order valence-electron chi connectivity index (χ4n) is 4.35. The molecule has 0 bridgehead atoms. The van der Waals surface area contributed by atoms with Crippen LogP contribution in [0.4, 0.5) is 4.39 Å². The minimum atomic E-state index is -0.364. The standard InChI is InChI=1S/C25H25FN4O2S/c1-15-22(20-7-3-4-8-21(20)27-15)23(31)16(2)33-25-29-28-24(17-9-11-18(26)12-10-17)30(25)14-19-6-5-13-32-19/h3-4,7-12,16,19,27H,5-6,13-14H2,1-2H3/t16-,19-/m1/s1. The molecule has 3 heterocycles. The third kappa shape index (κ3) is 4.32. The molecular formula is C25H25FN4O2S. The number of halogens is 1. The topological polar surface area (TPSA) is 72.8 Å². The fraction of sp³-hybridized carbons (Fsp3) is 0.320. The first-order valence-corrected chi connectivity index (χ1v) is 12.0. The van der Waals surface area contributed by atoms with E-state index in [9.17, 15) is 9.18 Å². The number of ketones is 1. The van der Waals surface area contributed by atoms with E-state index in [1.807, 2.05) is 42.7 Å². The Balaban J connectivity index is 1.46. The van der Waals surface area contributed by atoms with Gasteiger partial charge in [-0.25, -0.2) is 4.39 Å². The number of aromatic nitrogens is 4. The van der Waals surface area contributed by atoms with Crippen LogP contribution >= 0.6 is 11.8 Å². The minimum Gasteiger partial charge on any atom is -0.376 e. The van der Waals surface area contributed by atoms with Crippen molar-refractivity contribution >= 4 is 28.4 Å². The van der Waals surface area contributed by atoms with Crippen LogP contribution in [0.3, 0.4) is 0 Å². The third-order valence-corrected chi connectivity index (χ3v) is 7.10. The molecule has 33 heavy (non-hydrogen) atoms. The van der Waals surface area contributed by atoms with Crippen molar-refractivity contribution < 1.29 is 13.9 Å². The molecule has 2 aromatic carbocycles. The van der Waals surface area contributed by atoms with Crippen molar-refractivity contribution in [1.29, 1.82) is 0 Å². The fourth-order valence-corrected chi connectivity index (χ4v) is 5.27. The highest BCUT2D eigenvalue weighted by Crippen LogP contribution is 2.32. The molecule has 1 saturated heterocycles. The van der Waals surface area contributed by atoms with Crippen molar-refractivity contribution in [3.8, 4) is 11.4 Å². The van der Waals surface area contributed by atoms with E-state index in [1.54, 1.807) is 12.1 Å². The quantitative estimate of drug-likeness (QED) is 0.292. The van der Waals surface area contributed by atoms with Gasteiger partial charge in [-0.1, -0.05) is 30.0 Å². The largest absolute Gasteiger partial charge is 0.376 e. The Morgan fingerprint density at radius 2 is 2.03 bits per heavy atom. The number of ether oxygens (including phenoxy) is 1. The zero-order valence-electron chi connectivity index (χ0n) is 18.5. The van der Waals surface area contributed by atoms with E-state index in [0.717, 1.165) is 47.2 Å². The molecule has 2 aromatic heterocycles. The van der Waals surface area contributed by atoms with E-state index in [-0.39, 0.29) is 23.0 Å². The van der Waals surface area contributed by atoms with E-state index >= 15 is 0 Å². The number of benzene rings is 2. The van der Waals surface area contributed by atoms with Crippen LogP contribution in [0.1, 0.15) is 35.8 Å². The van der Waals surface area contributed by atoms with Crippen LogP contribution in [-0.4, -0.2) is 43.5 Å². The lowest BCUT2D eigenvalue weighted by atomic mass is 10.1. The zero-order chi connectivity index (χ0) is 22.9. The Morgan fingerprint density at radius 3 is 2.79 bits per heavy atom. The molecule has 8 heteroatoms. The first-order valence-electron chi connectivity index (χ1n) is 11.1. The molecule has 0 radical (unpaired) electrons. The van der Waals surface area contributed by atoms with Crippen LogP contribution in [-0.2, 0) is 11.3 Å². The van der Waals surface area contributed by atoms with Crippen LogP contribution in [0, 0.1) is 12.7 Å². The number of hydrogen-bond acceptors (Lipinski definition) is 5. The molecule has 0 aliphatic carbocycles. The molecule has 5 rings (SSSR count). The molecule has 0 spiro atoms. The van der Waals surface area contributed by atoms with Gasteiger partial charge < -0.3 is 9.72 Å². The first kappa shape index (κ1) is 21.9. The van der Waals surface area contributed by atoms with Crippen LogP contribution in [0.5, 0.6) is 0 Å². The number of Topliss-reactive ketones (excluding diaryl/α,β-unsaturated/α-hetero) is 1. The van der Waals surface area contributed by atoms with Gasteiger partial charge in [0.2, 0.25) is 0 Å². The van der Waals surface area contributed by atoms with Crippen molar-refractivity contribution in [2.24, 2.45) is 0 Å². The van der Waals surface area contributed by atoms with Crippen LogP contribution in [0.15, 0.2) is 53.7 Å². The number of carbonyl (C=O) groups excluding carboxylic acids is 1. The van der Waals surface area contributed by atoms with E-state index in [0.29, 0.717) is 17.5 Å². The summed E-state index contributed by atoms with van der Waals surface area (Å²) in [5, 5.41) is 10.0. The first-order chi connectivity index (χ1) is 16.0. The summed E-state index contributed by atoms with van der Waals surface area (Å²) in [5.41, 5.74) is 3.31. The Kier molecular flexibility index (Phi) is 6.03. The highest BCUT2D eigenvalue weighted by atomic mass is 32.2. The molecule has 1 fully saturated rings. The number of hydrogen-bond donors (Lipinski definition) is 1. The molecule has 0 amide bonds. The molecule has 2 atom stereocenters. The Morgan fingerprint density at radius 1 is 1.24 bits per heavy atom. The van der Waals surface area contributed by atoms with Gasteiger partial charge in [0.05, 0.1) is 17.9 Å². The van der Waals surface area contributed by atoms with E-state index in [4.69, 9.17) is 4.74 Å². The molecule has 4 aromatic rings. The van der Waals surface area contributed by atoms with Gasteiger partial charge in [0.1, 0.15) is 5.82 Å². The van der Waals surface area contributed by atoms with E-state index in [2.05, 4.69) is 15.2 Å². The highest BCUT2D eigenvalue weighted by molar-refractivity contribution is 8.00. The molecule has 1 aliphatic rings. The van der Waals surface area contributed by atoms with Gasteiger partial charge >= 0.3 is 0 Å². The predicted octanol–water partition coefficient (Wildman–Crippen LogP) is 5.42. The minimum absolute atomic E-state index is 0.0462. The maximum absolute atomic E-state index is 13.5. The molecule has 0 unspecified atom stereocenters. The monoisotopic (exact) mass is 464 g/mol. The number of thioether (sulfide) groups is 1. The van der Waals surface area contributed by atoms with Gasteiger partial charge in [-0.3, -0.25) is 9.36 Å². The summed E-state index contributed by atoms with van der Waals surface area (Å²) in [5.74, 6) is 0.396. The van der Waals surface area contributed by atoms with E-state index < -0.39 is 0 Å². The normalized spacial score (nSPS) is 17.0. The molecular weight excluding hydrogens is 439 g/mol. The summed E-state index contributed by atoms with van der Waals surface area (Å²) in [6.07, 6.45) is 2.06. The summed E-state index contributed by atoms with van der Waals surface area (Å²) < 4.78 is 21.3. The average molecular weight is 465 g/mol. The Hall–Kier alpha value is -2.97. The zero-order valence-corrected chi connectivity index (χ0v) is 19.4. The van der Waals surface area contributed by atoms with Crippen molar-refractivity contribution in [3.63, 3.8) is 0 Å². The number of rotatable bonds is 7. The predicted molar refractivity (Wildman–Crippen MR) is 127 cm³/mol. The van der Waals surface area contributed by atoms with Crippen LogP contribution in [0.2, 0.25) is 0 Å². The third-order valence-electron chi connectivity index (χ3n) is 6.02. The smallest absolute Gasteiger partial charge is 0.192 e. The van der Waals surface area contributed by atoms with Crippen molar-refractivity contribution in [1.82, 2.24) is 19.7 Å². The lowest BCUT2D eigenvalue weighted by molar-refractivity contribution is 0.0953. The summed E-state index contributed by atoms with van der Waals surface area (Å²) in [6.45, 7) is 5.17. The van der Waals surface area contributed by atoms with Gasteiger partial charge in [-0.05, 0) is 57.0 Å². The second kappa shape index (κ2) is 9.11. The summed E-state index contributed by atoms with van der Waals surface area (Å²) in [7, 11) is 0. The number of fused-ring (bicyclic) bond motifs is 1. The Bertz CT molecular complexity index is 1290. The van der Waals surface area contributed by atoms with Crippen LogP contribution < -0.4 is 0 Å². The molecule has 1 N–H and O–H groups in total. The number of aromatic amines is 1. The summed E-state index contributed by atoms with van der Waals surface area (Å²) >= 11 is 1.39. The van der Waals surface area contributed by atoms with Gasteiger partial charge in [0, 0.05) is 34.3 Å².